The Kier molecular flexibility index (Phi) is 5.80. The van der Waals surface area contributed by atoms with E-state index in [1.54, 1.807) is 0 Å². The summed E-state index contributed by atoms with van der Waals surface area (Å²) >= 11 is 0. The summed E-state index contributed by atoms with van der Waals surface area (Å²) in [5, 5.41) is 6.30. The maximum atomic E-state index is 10.8. The summed E-state index contributed by atoms with van der Waals surface area (Å²) in [7, 11) is 0. The van der Waals surface area contributed by atoms with Crippen molar-refractivity contribution in [2.24, 2.45) is 5.73 Å². The van der Waals surface area contributed by atoms with E-state index in [1.165, 1.54) is 31.5 Å². The Hall–Kier alpha value is -1.59. The van der Waals surface area contributed by atoms with Crippen LogP contribution in [0.25, 0.3) is 0 Å². The van der Waals surface area contributed by atoms with E-state index in [9.17, 15) is 4.79 Å². The van der Waals surface area contributed by atoms with Gasteiger partial charge in [0, 0.05) is 23.8 Å². The largest absolute Gasteiger partial charge is 0.351 e. The van der Waals surface area contributed by atoms with Crippen LogP contribution in [0.1, 0.15) is 45.2 Å². The van der Waals surface area contributed by atoms with Crippen molar-refractivity contribution in [3.05, 3.63) is 29.8 Å². The average molecular weight is 304 g/mol. The fourth-order valence-corrected chi connectivity index (χ4v) is 3.03. The highest BCUT2D eigenvalue weighted by Crippen LogP contribution is 2.20. The lowest BCUT2D eigenvalue weighted by Gasteiger charge is -2.36. The zero-order valence-corrected chi connectivity index (χ0v) is 13.8. The maximum absolute atomic E-state index is 10.8. The number of carbonyl (C=O) groups is 1. The Labute approximate surface area is 133 Å². The molecule has 1 heterocycles. The molecular formula is C17H28N4O. The van der Waals surface area contributed by atoms with Gasteiger partial charge in [-0.05, 0) is 64.4 Å². The third-order valence-corrected chi connectivity index (χ3v) is 4.42. The Morgan fingerprint density at radius 1 is 1.18 bits per heavy atom. The lowest BCUT2D eigenvalue weighted by molar-refractivity contribution is 0.157. The first-order valence-electron chi connectivity index (χ1n) is 8.12. The van der Waals surface area contributed by atoms with Crippen molar-refractivity contribution in [3.8, 4) is 0 Å². The van der Waals surface area contributed by atoms with Gasteiger partial charge < -0.3 is 21.3 Å². The lowest BCUT2D eigenvalue weighted by Crippen LogP contribution is -2.45. The van der Waals surface area contributed by atoms with Crippen LogP contribution in [0.3, 0.4) is 0 Å². The van der Waals surface area contributed by atoms with E-state index in [0.29, 0.717) is 18.1 Å². The van der Waals surface area contributed by atoms with Crippen LogP contribution < -0.4 is 16.4 Å². The summed E-state index contributed by atoms with van der Waals surface area (Å²) in [6.45, 7) is 9.05. The number of hydrogen-bond acceptors (Lipinski definition) is 3. The summed E-state index contributed by atoms with van der Waals surface area (Å²) in [6, 6.07) is 8.84. The minimum absolute atomic E-state index is 0.304. The molecule has 4 N–H and O–H groups in total. The number of primary amides is 1. The van der Waals surface area contributed by atoms with Crippen LogP contribution in [0.2, 0.25) is 0 Å². The number of nitrogens with two attached hydrogens (primary N) is 1. The SMILES string of the molecule is CC(NC1CCN(C(C)C)CC1)c1ccc(NC(N)=O)cc1. The number of nitrogens with zero attached hydrogens (tertiary/aromatic N) is 1. The fourth-order valence-electron chi connectivity index (χ4n) is 3.03. The minimum atomic E-state index is -0.532. The van der Waals surface area contributed by atoms with Crippen LogP contribution >= 0.6 is 0 Å². The van der Waals surface area contributed by atoms with Crippen LogP contribution in [0.15, 0.2) is 24.3 Å². The van der Waals surface area contributed by atoms with Crippen molar-refractivity contribution in [3.63, 3.8) is 0 Å². The highest BCUT2D eigenvalue weighted by Gasteiger charge is 2.22. The van der Waals surface area contributed by atoms with Gasteiger partial charge in [-0.1, -0.05) is 12.1 Å². The predicted molar refractivity (Wildman–Crippen MR) is 90.9 cm³/mol. The van der Waals surface area contributed by atoms with E-state index in [1.807, 2.05) is 24.3 Å². The molecule has 22 heavy (non-hydrogen) atoms. The van der Waals surface area contributed by atoms with Crippen molar-refractivity contribution in [2.45, 2.75) is 51.7 Å². The van der Waals surface area contributed by atoms with E-state index in [-0.39, 0.29) is 0 Å². The van der Waals surface area contributed by atoms with E-state index in [4.69, 9.17) is 5.73 Å². The molecule has 1 aromatic rings. The maximum Gasteiger partial charge on any atom is 0.316 e. The van der Waals surface area contributed by atoms with Gasteiger partial charge in [-0.25, -0.2) is 4.79 Å². The zero-order chi connectivity index (χ0) is 16.1. The third kappa shape index (κ3) is 4.71. The van der Waals surface area contributed by atoms with E-state index >= 15 is 0 Å². The number of urea groups is 1. The fraction of sp³-hybridized carbons (Fsp3) is 0.588. The molecule has 1 aromatic carbocycles. The summed E-state index contributed by atoms with van der Waals surface area (Å²) in [5.41, 5.74) is 7.07. The van der Waals surface area contributed by atoms with Crippen molar-refractivity contribution in [1.82, 2.24) is 10.2 Å². The normalized spacial score (nSPS) is 18.4. The van der Waals surface area contributed by atoms with Crippen LogP contribution in [0, 0.1) is 0 Å². The monoisotopic (exact) mass is 304 g/mol. The highest BCUT2D eigenvalue weighted by molar-refractivity contribution is 5.87. The summed E-state index contributed by atoms with van der Waals surface area (Å²) in [5.74, 6) is 0. The lowest BCUT2D eigenvalue weighted by atomic mass is 10.0. The second-order valence-electron chi connectivity index (χ2n) is 6.40. The van der Waals surface area contributed by atoms with Crippen LogP contribution in [-0.2, 0) is 0 Å². The number of rotatable bonds is 5. The molecule has 0 aromatic heterocycles. The Morgan fingerprint density at radius 3 is 2.27 bits per heavy atom. The van der Waals surface area contributed by atoms with Crippen LogP contribution in [0.5, 0.6) is 0 Å². The molecule has 0 bridgehead atoms. The third-order valence-electron chi connectivity index (χ3n) is 4.42. The van der Waals surface area contributed by atoms with Crippen molar-refractivity contribution < 1.29 is 4.79 Å². The molecule has 1 atom stereocenters. The molecular weight excluding hydrogens is 276 g/mol. The van der Waals surface area contributed by atoms with Crippen molar-refractivity contribution in [1.29, 1.82) is 0 Å². The van der Waals surface area contributed by atoms with Crippen LogP contribution in [-0.4, -0.2) is 36.1 Å². The van der Waals surface area contributed by atoms with Gasteiger partial charge in [-0.3, -0.25) is 0 Å². The van der Waals surface area contributed by atoms with Gasteiger partial charge >= 0.3 is 6.03 Å². The summed E-state index contributed by atoms with van der Waals surface area (Å²) < 4.78 is 0. The molecule has 1 aliphatic heterocycles. The molecule has 2 rings (SSSR count). The number of benzene rings is 1. The molecule has 1 saturated heterocycles. The Balaban J connectivity index is 1.84. The number of nitrogens with one attached hydrogen (secondary N) is 2. The van der Waals surface area contributed by atoms with Gasteiger partial charge in [-0.15, -0.1) is 0 Å². The van der Waals surface area contributed by atoms with Crippen molar-refractivity contribution in [2.75, 3.05) is 18.4 Å². The quantitative estimate of drug-likeness (QED) is 0.783. The van der Waals surface area contributed by atoms with Gasteiger partial charge in [0.15, 0.2) is 0 Å². The van der Waals surface area contributed by atoms with E-state index in [0.717, 1.165) is 5.69 Å². The molecule has 1 fully saturated rings. The zero-order valence-electron chi connectivity index (χ0n) is 13.8. The molecule has 1 unspecified atom stereocenters. The molecule has 2 amide bonds. The predicted octanol–water partition coefficient (Wildman–Crippen LogP) is 2.70. The van der Waals surface area contributed by atoms with E-state index < -0.39 is 6.03 Å². The standard InChI is InChI=1S/C17H28N4O/c1-12(2)21-10-8-16(9-11-21)19-13(3)14-4-6-15(7-5-14)20-17(18)22/h4-7,12-13,16,19H,8-11H2,1-3H3,(H3,18,20,22). The average Bonchev–Trinajstić information content (AvgIpc) is 2.48. The topological polar surface area (TPSA) is 70.4 Å². The Morgan fingerprint density at radius 2 is 1.77 bits per heavy atom. The first-order valence-corrected chi connectivity index (χ1v) is 8.12. The smallest absolute Gasteiger partial charge is 0.316 e. The molecule has 0 saturated carbocycles. The van der Waals surface area contributed by atoms with Crippen LogP contribution in [0.4, 0.5) is 10.5 Å². The number of hydrogen-bond donors (Lipinski definition) is 3. The second-order valence-corrected chi connectivity index (χ2v) is 6.40. The molecule has 122 valence electrons. The number of carbonyl (C=O) groups excluding carboxylic acids is 1. The summed E-state index contributed by atoms with van der Waals surface area (Å²) in [4.78, 5) is 13.4. The first-order chi connectivity index (χ1) is 10.5. The van der Waals surface area contributed by atoms with Gasteiger partial charge in [0.1, 0.15) is 0 Å². The molecule has 5 nitrogen and oxygen atoms in total. The second kappa shape index (κ2) is 7.61. The molecule has 0 spiro atoms. The highest BCUT2D eigenvalue weighted by atomic mass is 16.2. The number of likely N-dealkylation sites (tertiary alicyclic amines) is 1. The Bertz CT molecular complexity index is 478. The van der Waals surface area contributed by atoms with Gasteiger partial charge in [0.05, 0.1) is 0 Å². The van der Waals surface area contributed by atoms with Gasteiger partial charge in [0.2, 0.25) is 0 Å². The van der Waals surface area contributed by atoms with E-state index in [2.05, 4.69) is 36.3 Å². The molecule has 1 aliphatic rings. The first kappa shape index (κ1) is 16.8. The van der Waals surface area contributed by atoms with Gasteiger partial charge in [0.25, 0.3) is 0 Å². The molecule has 0 aliphatic carbocycles. The minimum Gasteiger partial charge on any atom is -0.351 e. The van der Waals surface area contributed by atoms with Crippen molar-refractivity contribution >= 4 is 11.7 Å². The molecule has 0 radical (unpaired) electrons. The number of amides is 2. The van der Waals surface area contributed by atoms with Gasteiger partial charge in [-0.2, -0.15) is 0 Å². The number of anilines is 1. The summed E-state index contributed by atoms with van der Waals surface area (Å²) in [6.07, 6.45) is 2.40. The molecule has 5 heteroatoms. The number of piperidine rings is 1.